The number of halogens is 1. The van der Waals surface area contributed by atoms with Crippen LogP contribution in [0.15, 0.2) is 90.5 Å². The first-order valence-corrected chi connectivity index (χ1v) is 23.7. The maximum Gasteiger partial charge on any atom is 0.163 e. The van der Waals surface area contributed by atoms with Gasteiger partial charge in [-0.1, -0.05) is 180 Å². The van der Waals surface area contributed by atoms with Gasteiger partial charge in [0.2, 0.25) is 0 Å². The minimum atomic E-state index is -0.243. The Bertz CT molecular complexity index is 1620. The lowest BCUT2D eigenvalue weighted by Crippen LogP contribution is -2.17. The van der Waals surface area contributed by atoms with E-state index < -0.39 is 0 Å². The molecule has 334 valence electrons. The maximum absolute atomic E-state index is 13.1. The number of ketones is 1. The first-order chi connectivity index (χ1) is 28.6. The summed E-state index contributed by atoms with van der Waals surface area (Å²) in [5.74, 6) is 6.60. The lowest BCUT2D eigenvalue weighted by atomic mass is 9.75. The summed E-state index contributed by atoms with van der Waals surface area (Å²) in [6.45, 7) is 31.0. The van der Waals surface area contributed by atoms with Gasteiger partial charge in [0, 0.05) is 12.0 Å². The van der Waals surface area contributed by atoms with Crippen LogP contribution in [-0.2, 0) is 9.59 Å². The van der Waals surface area contributed by atoms with Crippen molar-refractivity contribution in [2.75, 3.05) is 0 Å². The van der Waals surface area contributed by atoms with Gasteiger partial charge in [-0.2, -0.15) is 0 Å². The third-order valence-electron chi connectivity index (χ3n) is 12.8. The standard InChI is InChI=1S/C18H21FO.C15H22.C11H16.C6H12.C6H14.CH2O/c1-3-5-18(20)16-7-4-6-13(2)12-17(16)14-8-10-15(19)11-9-14;1-12(2)13-8-10-15(11-9-13)14-6-4-3-5-7-14;1-8(2)11-7-9(3)5-6-10(11)4;1-2-6-4-3-5-6;1-5(2)6(3)4;1-2/h4,7-11,13H,3,5-6,12H2,1-2H3;3-7,12-13,15H,8-11H2,1-2H3;5-8H,1-4H3;6H,2-5H2,1H3;5-6H,1-4H3;1H2. The largest absolute Gasteiger partial charge is 0.307 e. The van der Waals surface area contributed by atoms with Gasteiger partial charge in [0.15, 0.2) is 5.78 Å². The number of hydrogen-bond donors (Lipinski definition) is 0. The quantitative estimate of drug-likeness (QED) is 0.215. The molecule has 1 atom stereocenters. The van der Waals surface area contributed by atoms with Crippen molar-refractivity contribution in [2.24, 2.45) is 35.5 Å². The summed E-state index contributed by atoms with van der Waals surface area (Å²) in [4.78, 5) is 20.3. The molecule has 60 heavy (non-hydrogen) atoms. The van der Waals surface area contributed by atoms with E-state index in [2.05, 4.69) is 138 Å². The zero-order valence-corrected chi connectivity index (χ0v) is 40.6. The fourth-order valence-electron chi connectivity index (χ4n) is 7.74. The summed E-state index contributed by atoms with van der Waals surface area (Å²) >= 11 is 0. The summed E-state index contributed by atoms with van der Waals surface area (Å²) in [6.07, 6.45) is 18.9. The number of carbonyl (C=O) groups excluding carboxylic acids is 2. The molecule has 2 saturated carbocycles. The van der Waals surface area contributed by atoms with Crippen LogP contribution in [0.25, 0.3) is 5.57 Å². The van der Waals surface area contributed by atoms with E-state index in [0.29, 0.717) is 18.3 Å². The predicted octanol–water partition coefficient (Wildman–Crippen LogP) is 17.3. The molecule has 3 heteroatoms. The molecule has 6 rings (SSSR count). The second kappa shape index (κ2) is 30.4. The van der Waals surface area contributed by atoms with E-state index in [9.17, 15) is 9.18 Å². The Morgan fingerprint density at radius 2 is 1.35 bits per heavy atom. The van der Waals surface area contributed by atoms with E-state index in [1.54, 1.807) is 17.7 Å². The van der Waals surface area contributed by atoms with Crippen molar-refractivity contribution >= 4 is 18.1 Å². The summed E-state index contributed by atoms with van der Waals surface area (Å²) < 4.78 is 13.1. The molecule has 0 saturated heterocycles. The zero-order chi connectivity index (χ0) is 45.2. The normalized spacial score (nSPS) is 18.5. The van der Waals surface area contributed by atoms with E-state index in [0.717, 1.165) is 71.5 Å². The van der Waals surface area contributed by atoms with Crippen molar-refractivity contribution in [1.82, 2.24) is 0 Å². The number of carbonyl (C=O) groups is 2. The van der Waals surface area contributed by atoms with Crippen LogP contribution >= 0.6 is 0 Å². The van der Waals surface area contributed by atoms with E-state index in [4.69, 9.17) is 4.79 Å². The van der Waals surface area contributed by atoms with Crippen molar-refractivity contribution in [3.05, 3.63) is 124 Å². The third-order valence-corrected chi connectivity index (χ3v) is 12.8. The van der Waals surface area contributed by atoms with Gasteiger partial charge in [-0.15, -0.1) is 0 Å². The highest BCUT2D eigenvalue weighted by Gasteiger charge is 2.24. The number of allylic oxidation sites excluding steroid dienone is 4. The van der Waals surface area contributed by atoms with Gasteiger partial charge < -0.3 is 4.79 Å². The monoisotopic (exact) mass is 823 g/mol. The fourth-order valence-corrected chi connectivity index (χ4v) is 7.74. The molecule has 0 radical (unpaired) electrons. The Labute approximate surface area is 369 Å². The van der Waals surface area contributed by atoms with Crippen molar-refractivity contribution in [2.45, 2.75) is 179 Å². The number of rotatable bonds is 9. The fraction of sp³-hybridized carbons (Fsp3) is 0.579. The molecule has 2 nitrogen and oxygen atoms in total. The molecular weight excluding hydrogens is 736 g/mol. The van der Waals surface area contributed by atoms with Crippen LogP contribution in [0.1, 0.15) is 193 Å². The van der Waals surface area contributed by atoms with E-state index in [-0.39, 0.29) is 11.6 Å². The Hall–Kier alpha value is -3.59. The van der Waals surface area contributed by atoms with Crippen molar-refractivity contribution in [3.8, 4) is 0 Å². The van der Waals surface area contributed by atoms with Crippen LogP contribution in [0.2, 0.25) is 0 Å². The highest BCUT2D eigenvalue weighted by molar-refractivity contribution is 6.05. The van der Waals surface area contributed by atoms with Crippen molar-refractivity contribution < 1.29 is 14.0 Å². The van der Waals surface area contributed by atoms with Gasteiger partial charge in [0.25, 0.3) is 0 Å². The minimum absolute atomic E-state index is 0.192. The molecular formula is C57H87FO2. The van der Waals surface area contributed by atoms with Gasteiger partial charge in [-0.25, -0.2) is 4.39 Å². The molecule has 0 heterocycles. The third kappa shape index (κ3) is 20.8. The Balaban J connectivity index is 0.000000398. The average molecular weight is 823 g/mol. The summed E-state index contributed by atoms with van der Waals surface area (Å²) in [5.41, 5.74) is 8.63. The van der Waals surface area contributed by atoms with Crippen LogP contribution in [0.4, 0.5) is 4.39 Å². The van der Waals surface area contributed by atoms with Crippen LogP contribution in [-0.4, -0.2) is 12.6 Å². The first-order valence-electron chi connectivity index (χ1n) is 23.7. The van der Waals surface area contributed by atoms with Gasteiger partial charge in [0.05, 0.1) is 0 Å². The highest BCUT2D eigenvalue weighted by atomic mass is 19.1. The molecule has 3 aromatic carbocycles. The molecule has 0 spiro atoms. The van der Waals surface area contributed by atoms with Crippen LogP contribution < -0.4 is 0 Å². The SMILES string of the molecule is C=O.CC(C)C(C)C.CC(C)C1CCC(c2ccccc2)CC1.CCC1CCC1.CCCC(=O)C1=C(c2ccc(F)cc2)CC(C)CC=C1.Cc1ccc(C)c(C(C)C)c1. The minimum Gasteiger partial charge on any atom is -0.307 e. The molecule has 0 aliphatic heterocycles. The molecule has 0 amide bonds. The van der Waals surface area contributed by atoms with Crippen molar-refractivity contribution in [3.63, 3.8) is 0 Å². The predicted molar refractivity (Wildman–Crippen MR) is 261 cm³/mol. The summed E-state index contributed by atoms with van der Waals surface area (Å²) in [6, 6.07) is 24.2. The smallest absolute Gasteiger partial charge is 0.163 e. The van der Waals surface area contributed by atoms with Gasteiger partial charge in [-0.05, 0) is 146 Å². The Morgan fingerprint density at radius 1 is 0.767 bits per heavy atom. The lowest BCUT2D eigenvalue weighted by molar-refractivity contribution is -0.115. The summed E-state index contributed by atoms with van der Waals surface area (Å²) in [7, 11) is 0. The van der Waals surface area contributed by atoms with Crippen molar-refractivity contribution in [1.29, 1.82) is 0 Å². The van der Waals surface area contributed by atoms with E-state index in [1.165, 1.54) is 80.2 Å². The zero-order valence-electron chi connectivity index (χ0n) is 40.6. The van der Waals surface area contributed by atoms with E-state index >= 15 is 0 Å². The highest BCUT2D eigenvalue weighted by Crippen LogP contribution is 2.38. The average Bonchev–Trinajstić information content (AvgIpc) is 3.42. The molecule has 0 aromatic heterocycles. The second-order valence-electron chi connectivity index (χ2n) is 19.0. The molecule has 1 unspecified atom stereocenters. The molecule has 0 bridgehead atoms. The number of hydrogen-bond acceptors (Lipinski definition) is 2. The van der Waals surface area contributed by atoms with Crippen LogP contribution in [0.5, 0.6) is 0 Å². The van der Waals surface area contributed by atoms with Gasteiger partial charge in [0.1, 0.15) is 12.6 Å². The second-order valence-corrected chi connectivity index (χ2v) is 19.0. The Morgan fingerprint density at radius 3 is 1.78 bits per heavy atom. The number of aryl methyl sites for hydroxylation is 2. The van der Waals surface area contributed by atoms with E-state index in [1.807, 2.05) is 19.8 Å². The number of benzene rings is 3. The van der Waals surface area contributed by atoms with Gasteiger partial charge >= 0.3 is 0 Å². The Kier molecular flexibility index (Phi) is 27.6. The lowest BCUT2D eigenvalue weighted by Gasteiger charge is -2.31. The molecule has 3 aliphatic carbocycles. The topological polar surface area (TPSA) is 34.1 Å². The van der Waals surface area contributed by atoms with Crippen LogP contribution in [0, 0.1) is 55.2 Å². The molecule has 3 aliphatic rings. The number of Topliss-reactive ketones (excluding diaryl/α,β-unsaturated/α-hetero) is 1. The first kappa shape index (κ1) is 54.4. The molecule has 3 aromatic rings. The molecule has 0 N–H and O–H groups in total. The van der Waals surface area contributed by atoms with Gasteiger partial charge in [-0.3, -0.25) is 4.79 Å². The summed E-state index contributed by atoms with van der Waals surface area (Å²) in [5, 5.41) is 0. The maximum atomic E-state index is 13.1. The van der Waals surface area contributed by atoms with Crippen LogP contribution in [0.3, 0.4) is 0 Å². The molecule has 2 fully saturated rings.